The lowest BCUT2D eigenvalue weighted by Crippen LogP contribution is -2.22. The van der Waals surface area contributed by atoms with Crippen LogP contribution in [0.15, 0.2) is 47.3 Å². The summed E-state index contributed by atoms with van der Waals surface area (Å²) in [5, 5.41) is 4.28. The van der Waals surface area contributed by atoms with E-state index < -0.39 is 0 Å². The summed E-state index contributed by atoms with van der Waals surface area (Å²) in [7, 11) is 0. The van der Waals surface area contributed by atoms with E-state index in [0.29, 0.717) is 0 Å². The number of benzene rings is 1. The van der Waals surface area contributed by atoms with Crippen LogP contribution in [0, 0.1) is 0 Å². The van der Waals surface area contributed by atoms with Gasteiger partial charge in [-0.15, -0.1) is 0 Å². The Morgan fingerprint density at radius 2 is 1.88 bits per heavy atom. The third kappa shape index (κ3) is 3.11. The van der Waals surface area contributed by atoms with Gasteiger partial charge in [-0.2, -0.15) is 0 Å². The third-order valence-corrected chi connectivity index (χ3v) is 3.13. The molecule has 0 amide bonds. The molecule has 3 heteroatoms. The molecule has 0 fully saturated rings. The van der Waals surface area contributed by atoms with E-state index in [9.17, 15) is 0 Å². The fourth-order valence-electron chi connectivity index (χ4n) is 1.86. The molecule has 0 bridgehead atoms. The number of furan rings is 1. The summed E-state index contributed by atoms with van der Waals surface area (Å²) in [6, 6.07) is 10.4. The van der Waals surface area contributed by atoms with Gasteiger partial charge in [-0.1, -0.05) is 23.7 Å². The minimum atomic E-state index is 0.249. The van der Waals surface area contributed by atoms with Crippen molar-refractivity contribution in [2.45, 2.75) is 25.9 Å². The van der Waals surface area contributed by atoms with Crippen molar-refractivity contribution in [3.63, 3.8) is 0 Å². The zero-order chi connectivity index (χ0) is 12.3. The van der Waals surface area contributed by atoms with Crippen molar-refractivity contribution in [3.8, 4) is 0 Å². The molecule has 2 aromatic rings. The quantitative estimate of drug-likeness (QED) is 0.872. The minimum Gasteiger partial charge on any atom is -0.472 e. The highest BCUT2D eigenvalue weighted by molar-refractivity contribution is 6.30. The van der Waals surface area contributed by atoms with Crippen LogP contribution in [0.1, 0.15) is 37.1 Å². The second kappa shape index (κ2) is 5.39. The highest BCUT2D eigenvalue weighted by atomic mass is 35.5. The van der Waals surface area contributed by atoms with Gasteiger partial charge in [0.05, 0.1) is 12.5 Å². The van der Waals surface area contributed by atoms with E-state index in [2.05, 4.69) is 25.2 Å². The standard InChI is InChI=1S/C14H16ClNO/c1-10(12-4-3-5-14(15)8-12)16-11(2)13-6-7-17-9-13/h3-11,16H,1-2H3/t10-,11?/m1/s1. The zero-order valence-corrected chi connectivity index (χ0v) is 10.7. The SMILES string of the molecule is CC(N[C@H](C)c1cccc(Cl)c1)c1ccoc1. The molecule has 0 aliphatic rings. The van der Waals surface area contributed by atoms with E-state index in [0.717, 1.165) is 10.6 Å². The predicted molar refractivity (Wildman–Crippen MR) is 70.1 cm³/mol. The Balaban J connectivity index is 2.04. The largest absolute Gasteiger partial charge is 0.472 e. The Morgan fingerprint density at radius 3 is 2.53 bits per heavy atom. The monoisotopic (exact) mass is 249 g/mol. The molecule has 0 radical (unpaired) electrons. The van der Waals surface area contributed by atoms with Gasteiger partial charge in [-0.05, 0) is 37.6 Å². The molecule has 1 unspecified atom stereocenters. The lowest BCUT2D eigenvalue weighted by molar-refractivity contribution is 0.486. The molecule has 0 aliphatic heterocycles. The van der Waals surface area contributed by atoms with E-state index in [1.54, 1.807) is 12.5 Å². The van der Waals surface area contributed by atoms with Crippen molar-refractivity contribution in [2.24, 2.45) is 0 Å². The molecule has 1 heterocycles. The van der Waals surface area contributed by atoms with Gasteiger partial charge in [0, 0.05) is 22.7 Å². The van der Waals surface area contributed by atoms with Gasteiger partial charge in [-0.3, -0.25) is 0 Å². The molecule has 0 aliphatic carbocycles. The zero-order valence-electron chi connectivity index (χ0n) is 9.98. The molecule has 90 valence electrons. The van der Waals surface area contributed by atoms with Crippen molar-refractivity contribution < 1.29 is 4.42 Å². The van der Waals surface area contributed by atoms with Crippen LogP contribution in [-0.4, -0.2) is 0 Å². The van der Waals surface area contributed by atoms with Crippen LogP contribution < -0.4 is 5.32 Å². The first kappa shape index (κ1) is 12.2. The maximum atomic E-state index is 5.98. The highest BCUT2D eigenvalue weighted by Crippen LogP contribution is 2.21. The first-order valence-electron chi connectivity index (χ1n) is 5.70. The molecule has 0 saturated carbocycles. The second-order valence-corrected chi connectivity index (χ2v) is 4.66. The average molecular weight is 250 g/mol. The molecular formula is C14H16ClNO. The lowest BCUT2D eigenvalue weighted by atomic mass is 10.1. The van der Waals surface area contributed by atoms with Crippen molar-refractivity contribution in [2.75, 3.05) is 0 Å². The fourth-order valence-corrected chi connectivity index (χ4v) is 2.06. The molecule has 0 spiro atoms. The number of halogens is 1. The highest BCUT2D eigenvalue weighted by Gasteiger charge is 2.11. The summed E-state index contributed by atoms with van der Waals surface area (Å²) in [6.45, 7) is 4.24. The van der Waals surface area contributed by atoms with E-state index in [1.165, 1.54) is 5.56 Å². The third-order valence-electron chi connectivity index (χ3n) is 2.89. The van der Waals surface area contributed by atoms with Crippen LogP contribution in [0.5, 0.6) is 0 Å². The van der Waals surface area contributed by atoms with Crippen LogP contribution in [-0.2, 0) is 0 Å². The first-order valence-corrected chi connectivity index (χ1v) is 6.08. The van der Waals surface area contributed by atoms with Gasteiger partial charge in [0.1, 0.15) is 0 Å². The van der Waals surface area contributed by atoms with Crippen LogP contribution >= 0.6 is 11.6 Å². The Bertz CT molecular complexity index is 467. The van der Waals surface area contributed by atoms with Gasteiger partial charge in [-0.25, -0.2) is 0 Å². The molecule has 2 rings (SSSR count). The van der Waals surface area contributed by atoms with Crippen LogP contribution in [0.25, 0.3) is 0 Å². The predicted octanol–water partition coefficient (Wildman–Crippen LogP) is 4.34. The second-order valence-electron chi connectivity index (χ2n) is 4.22. The Hall–Kier alpha value is -1.25. The summed E-state index contributed by atoms with van der Waals surface area (Å²) in [6.07, 6.45) is 3.46. The lowest BCUT2D eigenvalue weighted by Gasteiger charge is -2.19. The van der Waals surface area contributed by atoms with Gasteiger partial charge in [0.15, 0.2) is 0 Å². The van der Waals surface area contributed by atoms with Crippen LogP contribution in [0.3, 0.4) is 0 Å². The smallest absolute Gasteiger partial charge is 0.0950 e. The Kier molecular flexibility index (Phi) is 3.87. The maximum Gasteiger partial charge on any atom is 0.0950 e. The van der Waals surface area contributed by atoms with Crippen molar-refractivity contribution in [3.05, 3.63) is 59.0 Å². The van der Waals surface area contributed by atoms with Gasteiger partial charge < -0.3 is 9.73 Å². The molecule has 1 N–H and O–H groups in total. The number of hydrogen-bond acceptors (Lipinski definition) is 2. The molecule has 2 atom stereocenters. The summed E-state index contributed by atoms with van der Waals surface area (Å²) in [5.41, 5.74) is 2.34. The fraction of sp³-hybridized carbons (Fsp3) is 0.286. The van der Waals surface area contributed by atoms with Crippen molar-refractivity contribution in [1.29, 1.82) is 0 Å². The normalized spacial score (nSPS) is 14.5. The van der Waals surface area contributed by atoms with E-state index in [4.69, 9.17) is 16.0 Å². The van der Waals surface area contributed by atoms with E-state index >= 15 is 0 Å². The summed E-state index contributed by atoms with van der Waals surface area (Å²) < 4.78 is 5.08. The number of rotatable bonds is 4. The molecule has 0 saturated heterocycles. The number of hydrogen-bond donors (Lipinski definition) is 1. The summed E-state index contributed by atoms with van der Waals surface area (Å²) >= 11 is 5.98. The molecule has 17 heavy (non-hydrogen) atoms. The maximum absolute atomic E-state index is 5.98. The molecular weight excluding hydrogens is 234 g/mol. The van der Waals surface area contributed by atoms with E-state index in [1.807, 2.05) is 24.3 Å². The molecule has 1 aromatic heterocycles. The Labute approximate surface area is 107 Å². The Morgan fingerprint density at radius 1 is 1.12 bits per heavy atom. The van der Waals surface area contributed by atoms with Gasteiger partial charge in [0.25, 0.3) is 0 Å². The molecule has 1 aromatic carbocycles. The van der Waals surface area contributed by atoms with Gasteiger partial charge in [0.2, 0.25) is 0 Å². The van der Waals surface area contributed by atoms with Crippen molar-refractivity contribution >= 4 is 11.6 Å². The van der Waals surface area contributed by atoms with Crippen LogP contribution in [0.4, 0.5) is 0 Å². The summed E-state index contributed by atoms with van der Waals surface area (Å²) in [4.78, 5) is 0. The van der Waals surface area contributed by atoms with Crippen LogP contribution in [0.2, 0.25) is 5.02 Å². The minimum absolute atomic E-state index is 0.249. The van der Waals surface area contributed by atoms with E-state index in [-0.39, 0.29) is 12.1 Å². The van der Waals surface area contributed by atoms with Gasteiger partial charge >= 0.3 is 0 Å². The average Bonchev–Trinajstić information content (AvgIpc) is 2.82. The van der Waals surface area contributed by atoms with Crippen molar-refractivity contribution in [1.82, 2.24) is 5.32 Å². The number of nitrogens with one attached hydrogen (secondary N) is 1. The summed E-state index contributed by atoms with van der Waals surface area (Å²) in [5.74, 6) is 0. The topological polar surface area (TPSA) is 25.2 Å². The first-order chi connectivity index (χ1) is 8.16. The molecule has 2 nitrogen and oxygen atoms in total.